The molecule has 0 atom stereocenters. The Balaban J connectivity index is 1.79. The molecule has 0 saturated heterocycles. The predicted molar refractivity (Wildman–Crippen MR) is 133 cm³/mol. The Bertz CT molecular complexity index is 1210. The number of methoxy groups -OCH3 is 1. The fraction of sp³-hybridized carbons (Fsp3) is 0.208. The van der Waals surface area contributed by atoms with Crippen molar-refractivity contribution in [1.82, 2.24) is 0 Å². The first kappa shape index (κ1) is 25.1. The summed E-state index contributed by atoms with van der Waals surface area (Å²) in [4.78, 5) is 13.1. The molecule has 0 bridgehead atoms. The zero-order chi connectivity index (χ0) is 24.0. The Hall–Kier alpha value is -2.55. The van der Waals surface area contributed by atoms with Crippen LogP contribution in [0.5, 0.6) is 11.5 Å². The van der Waals surface area contributed by atoms with E-state index in [1.807, 2.05) is 25.1 Å². The van der Waals surface area contributed by atoms with E-state index in [2.05, 4.69) is 15.9 Å². The van der Waals surface area contributed by atoms with Crippen LogP contribution in [0.15, 0.2) is 76.1 Å². The van der Waals surface area contributed by atoms with Crippen molar-refractivity contribution in [3.63, 3.8) is 0 Å². The van der Waals surface area contributed by atoms with Gasteiger partial charge in [0.15, 0.2) is 0 Å². The van der Waals surface area contributed by atoms with E-state index >= 15 is 0 Å². The van der Waals surface area contributed by atoms with Gasteiger partial charge in [0.25, 0.3) is 10.0 Å². The quantitative estimate of drug-likeness (QED) is 0.304. The summed E-state index contributed by atoms with van der Waals surface area (Å²) in [6, 6.07) is 17.7. The third kappa shape index (κ3) is 6.28. The molecule has 3 rings (SSSR count). The van der Waals surface area contributed by atoms with Crippen LogP contribution in [0, 0.1) is 6.92 Å². The summed E-state index contributed by atoms with van der Waals surface area (Å²) in [6.45, 7) is 2.23. The lowest BCUT2D eigenvalue weighted by molar-refractivity contribution is -0.117. The van der Waals surface area contributed by atoms with Crippen LogP contribution < -0.4 is 13.8 Å². The van der Waals surface area contributed by atoms with Crippen molar-refractivity contribution in [2.24, 2.45) is 0 Å². The van der Waals surface area contributed by atoms with Crippen LogP contribution in [0.4, 0.5) is 5.69 Å². The number of hydrogen-bond donors (Lipinski definition) is 0. The van der Waals surface area contributed by atoms with Gasteiger partial charge in [0.05, 0.1) is 28.8 Å². The van der Waals surface area contributed by atoms with Crippen molar-refractivity contribution >= 4 is 49.1 Å². The van der Waals surface area contributed by atoms with E-state index in [4.69, 9.17) is 21.1 Å². The van der Waals surface area contributed by atoms with Crippen molar-refractivity contribution in [3.8, 4) is 11.5 Å². The first-order valence-electron chi connectivity index (χ1n) is 10.1. The second kappa shape index (κ2) is 11.0. The molecule has 174 valence electrons. The molecular formula is C24H23BrClNO5S. The summed E-state index contributed by atoms with van der Waals surface area (Å²) >= 11 is 9.35. The highest BCUT2D eigenvalue weighted by atomic mass is 79.9. The van der Waals surface area contributed by atoms with E-state index < -0.39 is 15.9 Å². The summed E-state index contributed by atoms with van der Waals surface area (Å²) in [5, 5.41) is 0.399. The zero-order valence-corrected chi connectivity index (χ0v) is 21.3. The lowest BCUT2D eigenvalue weighted by Gasteiger charge is -2.23. The molecule has 3 aromatic carbocycles. The maximum atomic E-state index is 13.4. The number of amides is 1. The Morgan fingerprint density at radius 2 is 1.70 bits per heavy atom. The van der Waals surface area contributed by atoms with Gasteiger partial charge in [-0.2, -0.15) is 0 Å². The molecule has 33 heavy (non-hydrogen) atoms. The summed E-state index contributed by atoms with van der Waals surface area (Å²) in [7, 11) is -2.65. The molecule has 0 aliphatic heterocycles. The number of aryl methyl sites for hydroxylation is 1. The smallest absolute Gasteiger partial charge is 0.270 e. The van der Waals surface area contributed by atoms with Crippen molar-refractivity contribution in [2.45, 2.75) is 24.7 Å². The first-order chi connectivity index (χ1) is 15.7. The highest BCUT2D eigenvalue weighted by Gasteiger charge is 2.30. The van der Waals surface area contributed by atoms with Gasteiger partial charge in [0.2, 0.25) is 5.91 Å². The monoisotopic (exact) mass is 551 g/mol. The molecule has 3 aromatic rings. The maximum absolute atomic E-state index is 13.4. The topological polar surface area (TPSA) is 72.9 Å². The molecule has 0 aliphatic rings. The molecule has 0 N–H and O–H groups in total. The molecule has 0 aliphatic carbocycles. The second-order valence-corrected chi connectivity index (χ2v) is 10.3. The van der Waals surface area contributed by atoms with Crippen LogP contribution in [-0.2, 0) is 14.8 Å². The van der Waals surface area contributed by atoms with Crippen LogP contribution >= 0.6 is 27.5 Å². The predicted octanol–water partition coefficient (Wildman–Crippen LogP) is 6.00. The third-order valence-corrected chi connectivity index (χ3v) is 7.40. The zero-order valence-electron chi connectivity index (χ0n) is 18.1. The summed E-state index contributed by atoms with van der Waals surface area (Å²) in [5.41, 5.74) is 1.31. The Labute approximate surface area is 207 Å². The summed E-state index contributed by atoms with van der Waals surface area (Å²) < 4.78 is 39.3. The number of anilines is 1. The maximum Gasteiger partial charge on any atom is 0.270 e. The number of carbonyl (C=O) groups is 1. The second-order valence-electron chi connectivity index (χ2n) is 7.20. The molecular weight excluding hydrogens is 530 g/mol. The van der Waals surface area contributed by atoms with Gasteiger partial charge >= 0.3 is 0 Å². The fourth-order valence-electron chi connectivity index (χ4n) is 3.08. The van der Waals surface area contributed by atoms with Gasteiger partial charge in [-0.25, -0.2) is 12.7 Å². The van der Waals surface area contributed by atoms with Crippen molar-refractivity contribution in [1.29, 1.82) is 0 Å². The van der Waals surface area contributed by atoms with Crippen LogP contribution in [-0.4, -0.2) is 28.0 Å². The minimum atomic E-state index is -4.15. The highest BCUT2D eigenvalue weighted by molar-refractivity contribution is 9.10. The average molecular weight is 553 g/mol. The molecule has 6 nitrogen and oxygen atoms in total. The van der Waals surface area contributed by atoms with Crippen molar-refractivity contribution < 1.29 is 22.7 Å². The number of nitrogens with zero attached hydrogens (tertiary/aromatic N) is 1. The Kier molecular flexibility index (Phi) is 8.40. The van der Waals surface area contributed by atoms with Crippen molar-refractivity contribution in [2.75, 3.05) is 18.0 Å². The highest BCUT2D eigenvalue weighted by Crippen LogP contribution is 2.28. The normalized spacial score (nSPS) is 11.2. The average Bonchev–Trinajstić information content (AvgIpc) is 2.78. The molecule has 0 radical (unpaired) electrons. The molecule has 1 amide bonds. The van der Waals surface area contributed by atoms with Gasteiger partial charge < -0.3 is 9.47 Å². The van der Waals surface area contributed by atoms with E-state index in [0.29, 0.717) is 22.9 Å². The largest absolute Gasteiger partial charge is 0.497 e. The van der Waals surface area contributed by atoms with Gasteiger partial charge in [-0.1, -0.05) is 17.7 Å². The number of halogens is 2. The van der Waals surface area contributed by atoms with E-state index in [1.54, 1.807) is 12.1 Å². The lowest BCUT2D eigenvalue weighted by atomic mass is 10.2. The number of benzene rings is 3. The lowest BCUT2D eigenvalue weighted by Crippen LogP contribution is -2.37. The molecule has 0 unspecified atom stereocenters. The van der Waals surface area contributed by atoms with Gasteiger partial charge in [-0.3, -0.25) is 4.79 Å². The fourth-order valence-corrected chi connectivity index (χ4v) is 5.26. The number of rotatable bonds is 9. The van der Waals surface area contributed by atoms with E-state index in [-0.39, 0.29) is 23.6 Å². The van der Waals surface area contributed by atoms with Crippen molar-refractivity contribution in [3.05, 3.63) is 81.8 Å². The SMILES string of the molecule is COc1ccc(N(C(=O)CCCOc2ccc(C)cc2Br)S(=O)(=O)c2ccc(Cl)cc2)cc1. The Morgan fingerprint density at radius 3 is 2.30 bits per heavy atom. The standard InChI is InChI=1S/C24H23BrClNO5S/c1-17-5-14-23(22(25)16-17)32-15-3-4-24(28)27(19-8-10-20(31-2)11-9-19)33(29,30)21-12-6-18(26)7-13-21/h5-14,16H,3-4,15H2,1-2H3. The van der Waals surface area contributed by atoms with E-state index in [9.17, 15) is 13.2 Å². The van der Waals surface area contributed by atoms with Gasteiger partial charge in [-0.15, -0.1) is 0 Å². The molecule has 0 aromatic heterocycles. The number of carbonyl (C=O) groups excluding carboxylic acids is 1. The van der Waals surface area contributed by atoms with Crippen LogP contribution in [0.3, 0.4) is 0 Å². The molecule has 0 saturated carbocycles. The van der Waals surface area contributed by atoms with Crippen LogP contribution in [0.2, 0.25) is 5.02 Å². The molecule has 9 heteroatoms. The van der Waals surface area contributed by atoms with Crippen LogP contribution in [0.1, 0.15) is 18.4 Å². The van der Waals surface area contributed by atoms with Gasteiger partial charge in [0, 0.05) is 11.4 Å². The minimum Gasteiger partial charge on any atom is -0.497 e. The molecule has 0 fully saturated rings. The molecule has 0 spiro atoms. The minimum absolute atomic E-state index is 0.0255. The number of ether oxygens (including phenoxy) is 2. The Morgan fingerprint density at radius 1 is 1.03 bits per heavy atom. The third-order valence-electron chi connectivity index (χ3n) is 4.77. The number of sulfonamides is 1. The van der Waals surface area contributed by atoms with E-state index in [0.717, 1.165) is 14.3 Å². The van der Waals surface area contributed by atoms with Gasteiger partial charge in [-0.05, 0) is 95.5 Å². The van der Waals surface area contributed by atoms with Gasteiger partial charge in [0.1, 0.15) is 11.5 Å². The number of hydrogen-bond acceptors (Lipinski definition) is 5. The summed E-state index contributed by atoms with van der Waals surface area (Å²) in [6.07, 6.45) is 0.310. The van der Waals surface area contributed by atoms with E-state index in [1.165, 1.54) is 43.5 Å². The summed E-state index contributed by atoms with van der Waals surface area (Å²) in [5.74, 6) is 0.641. The first-order valence-corrected chi connectivity index (χ1v) is 12.7. The molecule has 0 heterocycles. The van der Waals surface area contributed by atoms with Crippen LogP contribution in [0.25, 0.3) is 0 Å².